The van der Waals surface area contributed by atoms with Gasteiger partial charge in [-0.15, -0.1) is 0 Å². The monoisotopic (exact) mass is 367 g/mol. The zero-order valence-corrected chi connectivity index (χ0v) is 16.2. The normalized spacial score (nSPS) is 18.7. The number of amides is 2. The highest BCUT2D eigenvalue weighted by molar-refractivity contribution is 6.19. The molecule has 6 nitrogen and oxygen atoms in total. The summed E-state index contributed by atoms with van der Waals surface area (Å²) < 4.78 is 5.88. The van der Waals surface area contributed by atoms with Crippen LogP contribution in [0.3, 0.4) is 0 Å². The number of carbonyl (C=O) groups excluding carboxylic acids is 2. The van der Waals surface area contributed by atoms with Crippen LogP contribution in [0, 0.1) is 13.8 Å². The SMILES string of the molecule is CCCCN1C(=O)[C@@](C)(C(=O)Nc2cc(C)ccc2C)Oc2cccnc21. The third kappa shape index (κ3) is 3.52. The van der Waals surface area contributed by atoms with Crippen LogP contribution in [0.4, 0.5) is 11.5 Å². The predicted octanol–water partition coefficient (Wildman–Crippen LogP) is 3.62. The molecule has 1 aromatic carbocycles. The molecule has 1 aliphatic heterocycles. The van der Waals surface area contributed by atoms with Gasteiger partial charge in [-0.2, -0.15) is 0 Å². The Labute approximate surface area is 159 Å². The number of anilines is 2. The van der Waals surface area contributed by atoms with Crippen molar-refractivity contribution in [2.45, 2.75) is 46.1 Å². The molecule has 0 spiro atoms. The van der Waals surface area contributed by atoms with E-state index in [2.05, 4.69) is 17.2 Å². The van der Waals surface area contributed by atoms with Gasteiger partial charge in [0.1, 0.15) is 0 Å². The number of carbonyl (C=O) groups is 2. The number of ether oxygens (including phenoxy) is 1. The lowest BCUT2D eigenvalue weighted by Gasteiger charge is -2.38. The van der Waals surface area contributed by atoms with E-state index in [1.54, 1.807) is 23.2 Å². The number of aryl methyl sites for hydroxylation is 2. The molecule has 1 atom stereocenters. The molecule has 0 bridgehead atoms. The largest absolute Gasteiger partial charge is 0.464 e. The van der Waals surface area contributed by atoms with Crippen molar-refractivity contribution in [3.8, 4) is 5.75 Å². The lowest BCUT2D eigenvalue weighted by Crippen LogP contribution is -2.61. The molecule has 142 valence electrons. The lowest BCUT2D eigenvalue weighted by atomic mass is 10.00. The Morgan fingerprint density at radius 3 is 2.81 bits per heavy atom. The van der Waals surface area contributed by atoms with Crippen LogP contribution in [-0.4, -0.2) is 28.9 Å². The fourth-order valence-corrected chi connectivity index (χ4v) is 3.06. The first kappa shape index (κ1) is 18.9. The predicted molar refractivity (Wildman–Crippen MR) is 105 cm³/mol. The van der Waals surface area contributed by atoms with Gasteiger partial charge < -0.3 is 10.1 Å². The van der Waals surface area contributed by atoms with Crippen molar-refractivity contribution in [3.63, 3.8) is 0 Å². The second-order valence-corrected chi connectivity index (χ2v) is 7.04. The van der Waals surface area contributed by atoms with Gasteiger partial charge in [-0.05, 0) is 56.5 Å². The van der Waals surface area contributed by atoms with Gasteiger partial charge in [0.15, 0.2) is 11.6 Å². The number of benzene rings is 1. The van der Waals surface area contributed by atoms with Crippen molar-refractivity contribution >= 4 is 23.3 Å². The zero-order valence-electron chi connectivity index (χ0n) is 16.2. The van der Waals surface area contributed by atoms with Gasteiger partial charge in [0.25, 0.3) is 17.4 Å². The average molecular weight is 367 g/mol. The molecule has 6 heteroatoms. The van der Waals surface area contributed by atoms with Gasteiger partial charge in [0.05, 0.1) is 0 Å². The third-order valence-electron chi connectivity index (χ3n) is 4.78. The molecule has 0 unspecified atom stereocenters. The molecule has 0 radical (unpaired) electrons. The van der Waals surface area contributed by atoms with Crippen molar-refractivity contribution in [1.29, 1.82) is 0 Å². The summed E-state index contributed by atoms with van der Waals surface area (Å²) in [5.41, 5.74) is 0.969. The highest BCUT2D eigenvalue weighted by Gasteiger charge is 2.51. The first-order valence-corrected chi connectivity index (χ1v) is 9.21. The van der Waals surface area contributed by atoms with E-state index in [4.69, 9.17) is 4.74 Å². The summed E-state index contributed by atoms with van der Waals surface area (Å²) in [6.45, 7) is 7.93. The minimum atomic E-state index is -1.65. The number of nitrogens with one attached hydrogen (secondary N) is 1. The van der Waals surface area contributed by atoms with E-state index >= 15 is 0 Å². The second kappa shape index (κ2) is 7.39. The first-order valence-electron chi connectivity index (χ1n) is 9.21. The van der Waals surface area contributed by atoms with Gasteiger partial charge in [0.2, 0.25) is 0 Å². The van der Waals surface area contributed by atoms with Gasteiger partial charge >= 0.3 is 0 Å². The fraction of sp³-hybridized carbons (Fsp3) is 0.381. The summed E-state index contributed by atoms with van der Waals surface area (Å²) in [6, 6.07) is 9.26. The highest BCUT2D eigenvalue weighted by Crippen LogP contribution is 2.36. The van der Waals surface area contributed by atoms with E-state index in [9.17, 15) is 9.59 Å². The molecule has 2 amide bonds. The standard InChI is InChI=1S/C21H25N3O3/c1-5-6-12-24-18-17(8-7-11-22-18)27-21(4,20(24)26)19(25)23-16-13-14(2)9-10-15(16)3/h7-11,13H,5-6,12H2,1-4H3,(H,23,25)/t21-/m1/s1. The average Bonchev–Trinajstić information content (AvgIpc) is 2.65. The van der Waals surface area contributed by atoms with E-state index in [1.165, 1.54) is 6.92 Å². The number of aromatic nitrogens is 1. The molecule has 1 N–H and O–H groups in total. The van der Waals surface area contributed by atoms with Gasteiger partial charge in [-0.25, -0.2) is 4.98 Å². The highest BCUT2D eigenvalue weighted by atomic mass is 16.5. The molecule has 2 aromatic rings. The summed E-state index contributed by atoms with van der Waals surface area (Å²) in [5.74, 6) is 0.0157. The Hall–Kier alpha value is -2.89. The molecule has 0 fully saturated rings. The maximum atomic E-state index is 13.2. The minimum absolute atomic E-state index is 0.398. The summed E-state index contributed by atoms with van der Waals surface area (Å²) >= 11 is 0. The van der Waals surface area contributed by atoms with Crippen LogP contribution in [-0.2, 0) is 9.59 Å². The van der Waals surface area contributed by atoms with Crippen LogP contribution in [0.5, 0.6) is 5.75 Å². The number of unbranched alkanes of at least 4 members (excludes halogenated alkanes) is 1. The number of hydrogen-bond donors (Lipinski definition) is 1. The maximum absolute atomic E-state index is 13.2. The van der Waals surface area contributed by atoms with Crippen LogP contribution in [0.25, 0.3) is 0 Å². The molecule has 0 aliphatic carbocycles. The van der Waals surface area contributed by atoms with Crippen LogP contribution in [0.1, 0.15) is 37.8 Å². The van der Waals surface area contributed by atoms with Crippen LogP contribution >= 0.6 is 0 Å². The quantitative estimate of drug-likeness (QED) is 0.820. The van der Waals surface area contributed by atoms with Crippen LogP contribution in [0.2, 0.25) is 0 Å². The molecular formula is C21H25N3O3. The number of fused-ring (bicyclic) bond motifs is 1. The van der Waals surface area contributed by atoms with E-state index in [1.807, 2.05) is 32.0 Å². The number of hydrogen-bond acceptors (Lipinski definition) is 4. The van der Waals surface area contributed by atoms with Gasteiger partial charge in [-0.1, -0.05) is 25.5 Å². The third-order valence-corrected chi connectivity index (χ3v) is 4.78. The van der Waals surface area contributed by atoms with E-state index < -0.39 is 17.4 Å². The minimum Gasteiger partial charge on any atom is -0.464 e. The van der Waals surface area contributed by atoms with Crippen molar-refractivity contribution in [2.24, 2.45) is 0 Å². The number of nitrogens with zero attached hydrogens (tertiary/aromatic N) is 2. The maximum Gasteiger partial charge on any atom is 0.282 e. The molecule has 0 saturated carbocycles. The first-order chi connectivity index (χ1) is 12.9. The Kier molecular flexibility index (Phi) is 5.17. The molecule has 1 aliphatic rings. The van der Waals surface area contributed by atoms with Crippen molar-refractivity contribution in [2.75, 3.05) is 16.8 Å². The number of rotatable bonds is 5. The van der Waals surface area contributed by atoms with Crippen molar-refractivity contribution in [1.82, 2.24) is 4.98 Å². The Morgan fingerprint density at radius 2 is 2.07 bits per heavy atom. The zero-order chi connectivity index (χ0) is 19.6. The van der Waals surface area contributed by atoms with Crippen LogP contribution in [0.15, 0.2) is 36.5 Å². The topological polar surface area (TPSA) is 71.5 Å². The number of pyridine rings is 1. The Bertz CT molecular complexity index is 881. The summed E-state index contributed by atoms with van der Waals surface area (Å²) in [7, 11) is 0. The molecule has 1 aromatic heterocycles. The molecule has 27 heavy (non-hydrogen) atoms. The van der Waals surface area contributed by atoms with Gasteiger partial charge in [0, 0.05) is 18.4 Å². The Morgan fingerprint density at radius 1 is 1.30 bits per heavy atom. The van der Waals surface area contributed by atoms with Crippen molar-refractivity contribution < 1.29 is 14.3 Å². The van der Waals surface area contributed by atoms with Gasteiger partial charge in [-0.3, -0.25) is 14.5 Å². The van der Waals surface area contributed by atoms with Crippen molar-refractivity contribution in [3.05, 3.63) is 47.7 Å². The summed E-state index contributed by atoms with van der Waals surface area (Å²) in [4.78, 5) is 32.1. The van der Waals surface area contributed by atoms with E-state index in [0.29, 0.717) is 23.8 Å². The summed E-state index contributed by atoms with van der Waals surface area (Å²) in [5, 5.41) is 2.87. The van der Waals surface area contributed by atoms with E-state index in [0.717, 1.165) is 24.0 Å². The molecular weight excluding hydrogens is 342 g/mol. The molecule has 0 saturated heterocycles. The smallest absolute Gasteiger partial charge is 0.282 e. The fourth-order valence-electron chi connectivity index (χ4n) is 3.06. The lowest BCUT2D eigenvalue weighted by molar-refractivity contribution is -0.145. The second-order valence-electron chi connectivity index (χ2n) is 7.04. The summed E-state index contributed by atoms with van der Waals surface area (Å²) in [6.07, 6.45) is 3.36. The van der Waals surface area contributed by atoms with E-state index in [-0.39, 0.29) is 0 Å². The molecule has 2 heterocycles. The molecule has 3 rings (SSSR count). The Balaban J connectivity index is 1.95. The van der Waals surface area contributed by atoms with Crippen LogP contribution < -0.4 is 15.0 Å².